The minimum absolute atomic E-state index is 0.0515. The lowest BCUT2D eigenvalue weighted by Crippen LogP contribution is -2.44. The van der Waals surface area contributed by atoms with E-state index < -0.39 is 5.92 Å². The molecule has 0 N–H and O–H groups in total. The zero-order chi connectivity index (χ0) is 27.5. The molecule has 3 aromatic carbocycles. The Kier molecular flexibility index (Phi) is 7.82. The first-order valence-electron chi connectivity index (χ1n) is 13.9. The summed E-state index contributed by atoms with van der Waals surface area (Å²) in [6, 6.07) is 24.1. The summed E-state index contributed by atoms with van der Waals surface area (Å²) in [6.45, 7) is 7.97. The quantitative estimate of drug-likeness (QED) is 0.336. The Labute approximate surface area is 231 Å². The van der Waals surface area contributed by atoms with E-state index in [1.165, 1.54) is 0 Å². The molecule has 1 aliphatic heterocycles. The maximum Gasteiger partial charge on any atom is 0.149 e. The molecule has 3 atom stereocenters. The number of hydrogen-bond acceptors (Lipinski definition) is 6. The number of rotatable bonds is 8. The van der Waals surface area contributed by atoms with E-state index in [1.54, 1.807) is 14.0 Å². The minimum Gasteiger partial charge on any atom is -0.497 e. The third-order valence-electron chi connectivity index (χ3n) is 8.06. The van der Waals surface area contributed by atoms with Crippen molar-refractivity contribution < 1.29 is 14.3 Å². The summed E-state index contributed by atoms with van der Waals surface area (Å²) in [5.41, 5.74) is 5.88. The van der Waals surface area contributed by atoms with Gasteiger partial charge in [0.15, 0.2) is 0 Å². The number of nitrogens with zero attached hydrogens (tertiary/aromatic N) is 3. The van der Waals surface area contributed by atoms with E-state index in [0.29, 0.717) is 12.8 Å². The van der Waals surface area contributed by atoms with Gasteiger partial charge in [-0.2, -0.15) is 0 Å². The molecule has 2 aliphatic rings. The molecule has 5 rings (SSSR count). The number of carbonyl (C=O) groups is 2. The molecule has 1 fully saturated rings. The highest BCUT2D eigenvalue weighted by Crippen LogP contribution is 2.47. The van der Waals surface area contributed by atoms with Gasteiger partial charge in [0.05, 0.1) is 37.0 Å². The predicted molar refractivity (Wildman–Crippen MR) is 158 cm³/mol. The standard InChI is InChI=1S/C33H37N3O3/c1-5-35(6-2)26-15-11-24(12-16-26)33-32-29(34-28-9-7-8-10-30(28)36(33)21-22(3)37)19-25(20-31(32)38)23-13-17-27(39-4)18-14-23/h7-18,25,32-33H,5-6,19-21H2,1-4H3. The highest BCUT2D eigenvalue weighted by Gasteiger charge is 2.44. The Hall–Kier alpha value is -3.93. The van der Waals surface area contributed by atoms with Crippen LogP contribution < -0.4 is 14.5 Å². The van der Waals surface area contributed by atoms with Gasteiger partial charge >= 0.3 is 0 Å². The first-order valence-corrected chi connectivity index (χ1v) is 13.9. The maximum absolute atomic E-state index is 14.1. The second kappa shape index (κ2) is 11.4. The van der Waals surface area contributed by atoms with Gasteiger partial charge in [-0.25, -0.2) is 0 Å². The van der Waals surface area contributed by atoms with Crippen molar-refractivity contribution in [3.63, 3.8) is 0 Å². The number of ketones is 2. The van der Waals surface area contributed by atoms with Crippen molar-refractivity contribution >= 4 is 34.3 Å². The van der Waals surface area contributed by atoms with Crippen LogP contribution in [0.15, 0.2) is 77.8 Å². The first kappa shape index (κ1) is 26.7. The molecule has 6 heteroatoms. The number of para-hydroxylation sites is 2. The fraction of sp³-hybridized carbons (Fsp3) is 0.364. The molecule has 3 unspecified atom stereocenters. The predicted octanol–water partition coefficient (Wildman–Crippen LogP) is 6.53. The topological polar surface area (TPSA) is 62.2 Å². The molecule has 202 valence electrons. The second-order valence-electron chi connectivity index (χ2n) is 10.5. The molecule has 0 spiro atoms. The van der Waals surface area contributed by atoms with Gasteiger partial charge in [0.25, 0.3) is 0 Å². The third-order valence-corrected chi connectivity index (χ3v) is 8.06. The Balaban J connectivity index is 1.60. The van der Waals surface area contributed by atoms with Gasteiger partial charge in [-0.15, -0.1) is 0 Å². The van der Waals surface area contributed by atoms with E-state index in [9.17, 15) is 9.59 Å². The number of Topliss-reactive ketones (excluding diaryl/α,β-unsaturated/α-hetero) is 2. The largest absolute Gasteiger partial charge is 0.497 e. The summed E-state index contributed by atoms with van der Waals surface area (Å²) >= 11 is 0. The number of anilines is 2. The van der Waals surface area contributed by atoms with E-state index in [2.05, 4.69) is 47.9 Å². The van der Waals surface area contributed by atoms with Crippen LogP contribution in [0.4, 0.5) is 17.1 Å². The van der Waals surface area contributed by atoms with E-state index >= 15 is 0 Å². The van der Waals surface area contributed by atoms with Gasteiger partial charge in [0.1, 0.15) is 17.3 Å². The van der Waals surface area contributed by atoms with Gasteiger partial charge < -0.3 is 14.5 Å². The number of hydrogen-bond donors (Lipinski definition) is 0. The zero-order valence-electron chi connectivity index (χ0n) is 23.3. The fourth-order valence-electron chi connectivity index (χ4n) is 6.15. The molecule has 0 saturated heterocycles. The van der Waals surface area contributed by atoms with Gasteiger partial charge in [-0.05, 0) is 80.6 Å². The van der Waals surface area contributed by atoms with Crippen molar-refractivity contribution in [2.75, 3.05) is 36.5 Å². The van der Waals surface area contributed by atoms with Crippen LogP contribution in [0, 0.1) is 5.92 Å². The fourth-order valence-corrected chi connectivity index (χ4v) is 6.15. The molecule has 0 amide bonds. The lowest BCUT2D eigenvalue weighted by molar-refractivity contribution is -0.123. The van der Waals surface area contributed by atoms with Crippen LogP contribution in [0.1, 0.15) is 56.7 Å². The van der Waals surface area contributed by atoms with Crippen LogP contribution in [0.25, 0.3) is 0 Å². The van der Waals surface area contributed by atoms with Crippen molar-refractivity contribution in [1.82, 2.24) is 0 Å². The van der Waals surface area contributed by atoms with Crippen LogP contribution in [0.3, 0.4) is 0 Å². The maximum atomic E-state index is 14.1. The molecule has 3 aromatic rings. The van der Waals surface area contributed by atoms with E-state index in [0.717, 1.165) is 52.7 Å². The number of ether oxygens (including phenoxy) is 1. The van der Waals surface area contributed by atoms with Crippen LogP contribution in [-0.4, -0.2) is 44.0 Å². The lowest BCUT2D eigenvalue weighted by Gasteiger charge is -2.40. The normalized spacial score (nSPS) is 20.4. The van der Waals surface area contributed by atoms with E-state index in [4.69, 9.17) is 9.73 Å². The van der Waals surface area contributed by atoms with Crippen LogP contribution in [0.5, 0.6) is 5.75 Å². The number of fused-ring (bicyclic) bond motifs is 2. The van der Waals surface area contributed by atoms with Crippen molar-refractivity contribution in [1.29, 1.82) is 0 Å². The Morgan fingerprint density at radius 2 is 1.62 bits per heavy atom. The number of carbonyl (C=O) groups excluding carboxylic acids is 2. The zero-order valence-corrected chi connectivity index (χ0v) is 23.3. The minimum atomic E-state index is -0.425. The average molecular weight is 524 g/mol. The molecule has 39 heavy (non-hydrogen) atoms. The van der Waals surface area contributed by atoms with Crippen LogP contribution >= 0.6 is 0 Å². The van der Waals surface area contributed by atoms with Crippen LogP contribution in [0.2, 0.25) is 0 Å². The lowest BCUT2D eigenvalue weighted by atomic mass is 9.72. The third kappa shape index (κ3) is 5.33. The number of aliphatic imine (C=N–C) groups is 1. The summed E-state index contributed by atoms with van der Waals surface area (Å²) in [7, 11) is 1.66. The second-order valence-corrected chi connectivity index (χ2v) is 10.5. The molecule has 1 aliphatic carbocycles. The number of methoxy groups -OCH3 is 1. The molecular formula is C33H37N3O3. The summed E-state index contributed by atoms with van der Waals surface area (Å²) in [6.07, 6.45) is 1.13. The highest BCUT2D eigenvalue weighted by molar-refractivity contribution is 6.11. The van der Waals surface area contributed by atoms with E-state index in [-0.39, 0.29) is 30.1 Å². The highest BCUT2D eigenvalue weighted by atomic mass is 16.5. The van der Waals surface area contributed by atoms with Gasteiger partial charge in [0, 0.05) is 30.9 Å². The summed E-state index contributed by atoms with van der Waals surface area (Å²) in [5.74, 6) is 0.645. The monoisotopic (exact) mass is 523 g/mol. The van der Waals surface area contributed by atoms with Crippen LogP contribution in [-0.2, 0) is 9.59 Å². The van der Waals surface area contributed by atoms with Gasteiger partial charge in [0.2, 0.25) is 0 Å². The Bertz CT molecular complexity index is 1360. The van der Waals surface area contributed by atoms with Crippen molar-refractivity contribution in [3.05, 3.63) is 83.9 Å². The summed E-state index contributed by atoms with van der Waals surface area (Å²) in [4.78, 5) is 36.2. The summed E-state index contributed by atoms with van der Waals surface area (Å²) < 4.78 is 5.34. The van der Waals surface area contributed by atoms with Crippen molar-refractivity contribution in [2.45, 2.75) is 45.6 Å². The molecule has 1 heterocycles. The SMILES string of the molecule is CCN(CC)c1ccc(C2C3C(=O)CC(c4ccc(OC)cc4)CC3=Nc3ccccc3N2CC(C)=O)cc1. The smallest absolute Gasteiger partial charge is 0.149 e. The molecule has 0 aromatic heterocycles. The summed E-state index contributed by atoms with van der Waals surface area (Å²) in [5, 5.41) is 0. The first-order chi connectivity index (χ1) is 18.9. The Morgan fingerprint density at radius 1 is 0.949 bits per heavy atom. The molecule has 0 radical (unpaired) electrons. The van der Waals surface area contributed by atoms with Gasteiger partial charge in [-0.3, -0.25) is 14.6 Å². The number of benzene rings is 3. The van der Waals surface area contributed by atoms with E-state index in [1.807, 2.05) is 48.5 Å². The van der Waals surface area contributed by atoms with Crippen molar-refractivity contribution in [3.8, 4) is 5.75 Å². The molecule has 0 bridgehead atoms. The Morgan fingerprint density at radius 3 is 2.26 bits per heavy atom. The molecule has 1 saturated carbocycles. The molecule has 6 nitrogen and oxygen atoms in total. The average Bonchev–Trinajstić information content (AvgIpc) is 3.08. The van der Waals surface area contributed by atoms with Gasteiger partial charge in [-0.1, -0.05) is 36.4 Å². The van der Waals surface area contributed by atoms with Crippen molar-refractivity contribution in [2.24, 2.45) is 10.9 Å². The molecular weight excluding hydrogens is 486 g/mol.